The minimum Gasteiger partial charge on any atom is -0.493 e. The highest BCUT2D eigenvalue weighted by molar-refractivity contribution is 6.08. The second kappa shape index (κ2) is 12.6. The number of esters is 1. The maximum Gasteiger partial charge on any atom is 0.355 e. The fraction of sp³-hybridized carbons (Fsp3) is 0.182. The number of hydrogen-bond acceptors (Lipinski definition) is 9. The van der Waals surface area contributed by atoms with Gasteiger partial charge >= 0.3 is 5.97 Å². The Hall–Kier alpha value is -5.51. The number of nitrogens with zero attached hydrogens (tertiary/aromatic N) is 2. The number of nitrogens with two attached hydrogens (primary N) is 1. The lowest BCUT2D eigenvalue weighted by molar-refractivity contribution is 0.0591. The number of ether oxygens (including phenoxy) is 5. The molecule has 0 aliphatic rings. The molecule has 2 heterocycles. The van der Waals surface area contributed by atoms with Crippen molar-refractivity contribution in [3.05, 3.63) is 101 Å². The highest BCUT2D eigenvalue weighted by Gasteiger charge is 2.27. The van der Waals surface area contributed by atoms with Crippen LogP contribution in [-0.2, 0) is 11.2 Å². The number of hydrogen-bond donors (Lipinski definition) is 1. The summed E-state index contributed by atoms with van der Waals surface area (Å²) >= 11 is 0. The highest BCUT2D eigenvalue weighted by Crippen LogP contribution is 2.44. The van der Waals surface area contributed by atoms with E-state index in [1.807, 2.05) is 18.2 Å². The average Bonchev–Trinajstić information content (AvgIpc) is 3.04. The topological polar surface area (TPSA) is 124 Å². The summed E-state index contributed by atoms with van der Waals surface area (Å²) in [4.78, 5) is 32.1. The standard InChI is InChI=1S/C33H31N3O7/c1-39-27-17-20(18-28(40-2)31(27)41-3)29-25-13-12-24(43-16-14-22-7-5-6-15-35-22)19-26(25)32(37)36(30(29)33(38)42-4)23-10-8-21(34)9-11-23/h5-13,15,17-19H,14,16,34H2,1-4H3. The Kier molecular flexibility index (Phi) is 8.47. The second-order valence-corrected chi connectivity index (χ2v) is 9.49. The predicted octanol–water partition coefficient (Wildman–Crippen LogP) is 5.07. The Labute approximate surface area is 248 Å². The third-order valence-electron chi connectivity index (χ3n) is 6.99. The van der Waals surface area contributed by atoms with Crippen molar-refractivity contribution in [1.82, 2.24) is 9.55 Å². The molecular formula is C33H31N3O7. The first kappa shape index (κ1) is 29.0. The van der Waals surface area contributed by atoms with Gasteiger partial charge in [0, 0.05) is 35.2 Å². The molecule has 0 unspecified atom stereocenters. The summed E-state index contributed by atoms with van der Waals surface area (Å²) in [7, 11) is 5.78. The molecule has 0 saturated carbocycles. The number of nitrogen functional groups attached to an aromatic ring is 1. The van der Waals surface area contributed by atoms with E-state index in [0.29, 0.717) is 69.3 Å². The van der Waals surface area contributed by atoms with E-state index in [1.165, 1.54) is 33.0 Å². The predicted molar refractivity (Wildman–Crippen MR) is 164 cm³/mol. The summed E-state index contributed by atoms with van der Waals surface area (Å²) in [5.41, 5.74) is 8.30. The lowest BCUT2D eigenvalue weighted by Crippen LogP contribution is -2.27. The molecule has 0 aliphatic heterocycles. The van der Waals surface area contributed by atoms with Crippen LogP contribution >= 0.6 is 0 Å². The number of carbonyl (C=O) groups is 1. The molecule has 10 heteroatoms. The molecule has 0 radical (unpaired) electrons. The number of methoxy groups -OCH3 is 4. The zero-order valence-corrected chi connectivity index (χ0v) is 24.2. The van der Waals surface area contributed by atoms with Gasteiger partial charge in [0.05, 0.1) is 40.4 Å². The van der Waals surface area contributed by atoms with Crippen LogP contribution in [0.25, 0.3) is 27.6 Å². The molecule has 0 fully saturated rings. The lowest BCUT2D eigenvalue weighted by Gasteiger charge is -2.21. The Morgan fingerprint density at radius 3 is 2.19 bits per heavy atom. The molecule has 2 N–H and O–H groups in total. The van der Waals surface area contributed by atoms with E-state index in [9.17, 15) is 9.59 Å². The zero-order chi connectivity index (χ0) is 30.5. The third-order valence-corrected chi connectivity index (χ3v) is 6.99. The largest absolute Gasteiger partial charge is 0.493 e. The normalized spacial score (nSPS) is 10.8. The number of benzene rings is 3. The molecule has 5 rings (SSSR count). The minimum absolute atomic E-state index is 0.0165. The number of aromatic nitrogens is 2. The Morgan fingerprint density at radius 2 is 1.58 bits per heavy atom. The molecule has 43 heavy (non-hydrogen) atoms. The van der Waals surface area contributed by atoms with E-state index < -0.39 is 11.5 Å². The van der Waals surface area contributed by atoms with Gasteiger partial charge < -0.3 is 29.4 Å². The molecule has 5 aromatic rings. The molecule has 0 aliphatic carbocycles. The molecule has 0 atom stereocenters. The molecule has 0 bridgehead atoms. The van der Waals surface area contributed by atoms with Gasteiger partial charge in [-0.1, -0.05) is 6.07 Å². The average molecular weight is 582 g/mol. The van der Waals surface area contributed by atoms with E-state index in [2.05, 4.69) is 4.98 Å². The van der Waals surface area contributed by atoms with E-state index in [1.54, 1.807) is 60.8 Å². The molecular weight excluding hydrogens is 550 g/mol. The summed E-state index contributed by atoms with van der Waals surface area (Å²) in [5.74, 6) is 0.912. The van der Waals surface area contributed by atoms with Crippen molar-refractivity contribution in [2.24, 2.45) is 0 Å². The van der Waals surface area contributed by atoms with E-state index in [-0.39, 0.29) is 5.69 Å². The van der Waals surface area contributed by atoms with Crippen LogP contribution in [0, 0.1) is 0 Å². The third kappa shape index (κ3) is 5.67. The molecule has 10 nitrogen and oxygen atoms in total. The van der Waals surface area contributed by atoms with Crippen LogP contribution in [-0.4, -0.2) is 50.6 Å². The van der Waals surface area contributed by atoms with Gasteiger partial charge in [-0.2, -0.15) is 0 Å². The van der Waals surface area contributed by atoms with Crippen molar-refractivity contribution in [3.8, 4) is 39.8 Å². The van der Waals surface area contributed by atoms with Crippen molar-refractivity contribution in [2.45, 2.75) is 6.42 Å². The van der Waals surface area contributed by atoms with Gasteiger partial charge in [-0.3, -0.25) is 14.3 Å². The Balaban J connectivity index is 1.79. The quantitative estimate of drug-likeness (QED) is 0.178. The van der Waals surface area contributed by atoms with Crippen molar-refractivity contribution >= 4 is 22.4 Å². The first-order chi connectivity index (χ1) is 20.9. The fourth-order valence-corrected chi connectivity index (χ4v) is 4.97. The van der Waals surface area contributed by atoms with Crippen molar-refractivity contribution in [1.29, 1.82) is 0 Å². The van der Waals surface area contributed by atoms with E-state index in [0.717, 1.165) is 5.69 Å². The Bertz CT molecular complexity index is 1810. The minimum atomic E-state index is -0.713. The summed E-state index contributed by atoms with van der Waals surface area (Å²) in [6.07, 6.45) is 2.32. The fourth-order valence-electron chi connectivity index (χ4n) is 4.97. The van der Waals surface area contributed by atoms with Crippen LogP contribution < -0.4 is 30.2 Å². The SMILES string of the molecule is COC(=O)c1c(-c2cc(OC)c(OC)c(OC)c2)c2ccc(OCCc3ccccn3)cc2c(=O)n1-c1ccc(N)cc1. The summed E-state index contributed by atoms with van der Waals surface area (Å²) < 4.78 is 29.3. The summed E-state index contributed by atoms with van der Waals surface area (Å²) in [6.45, 7) is 0.356. The second-order valence-electron chi connectivity index (χ2n) is 9.49. The van der Waals surface area contributed by atoms with Gasteiger partial charge in [0.1, 0.15) is 11.4 Å². The maximum atomic E-state index is 14.2. The Morgan fingerprint density at radius 1 is 0.860 bits per heavy atom. The molecule has 0 spiro atoms. The first-order valence-corrected chi connectivity index (χ1v) is 13.4. The number of fused-ring (bicyclic) bond motifs is 1. The molecule has 220 valence electrons. The first-order valence-electron chi connectivity index (χ1n) is 13.4. The lowest BCUT2D eigenvalue weighted by atomic mass is 9.95. The smallest absolute Gasteiger partial charge is 0.355 e. The molecule has 0 amide bonds. The van der Waals surface area contributed by atoms with Crippen LogP contribution in [0.5, 0.6) is 23.0 Å². The van der Waals surface area contributed by atoms with Crippen molar-refractivity contribution in [2.75, 3.05) is 40.8 Å². The zero-order valence-electron chi connectivity index (χ0n) is 24.2. The van der Waals surface area contributed by atoms with Gasteiger partial charge in [0.25, 0.3) is 5.56 Å². The molecule has 3 aromatic carbocycles. The van der Waals surface area contributed by atoms with Crippen molar-refractivity contribution in [3.63, 3.8) is 0 Å². The number of rotatable bonds is 10. The number of carbonyl (C=O) groups excluding carboxylic acids is 1. The van der Waals surface area contributed by atoms with Crippen LogP contribution in [0.1, 0.15) is 16.2 Å². The van der Waals surface area contributed by atoms with Gasteiger partial charge in [-0.25, -0.2) is 4.79 Å². The highest BCUT2D eigenvalue weighted by atomic mass is 16.5. The van der Waals surface area contributed by atoms with Gasteiger partial charge in [-0.15, -0.1) is 0 Å². The monoisotopic (exact) mass is 581 g/mol. The van der Waals surface area contributed by atoms with Crippen molar-refractivity contribution < 1.29 is 28.5 Å². The number of anilines is 1. The van der Waals surface area contributed by atoms with Crippen LogP contribution in [0.4, 0.5) is 5.69 Å². The van der Waals surface area contributed by atoms with Gasteiger partial charge in [0.15, 0.2) is 11.5 Å². The maximum absolute atomic E-state index is 14.2. The number of pyridine rings is 2. The summed E-state index contributed by atoms with van der Waals surface area (Å²) in [5, 5.41) is 0.826. The summed E-state index contributed by atoms with van der Waals surface area (Å²) in [6, 6.07) is 21.0. The van der Waals surface area contributed by atoms with Crippen LogP contribution in [0.15, 0.2) is 83.8 Å². The van der Waals surface area contributed by atoms with E-state index in [4.69, 9.17) is 29.4 Å². The van der Waals surface area contributed by atoms with Gasteiger partial charge in [-0.05, 0) is 77.7 Å². The van der Waals surface area contributed by atoms with E-state index >= 15 is 0 Å². The van der Waals surface area contributed by atoms with Crippen LogP contribution in [0.3, 0.4) is 0 Å². The molecule has 2 aromatic heterocycles. The van der Waals surface area contributed by atoms with Crippen LogP contribution in [0.2, 0.25) is 0 Å². The molecule has 0 saturated heterocycles. The van der Waals surface area contributed by atoms with Gasteiger partial charge in [0.2, 0.25) is 5.75 Å².